The minimum atomic E-state index is -0.837. The summed E-state index contributed by atoms with van der Waals surface area (Å²) in [5.74, 6) is -1.64. The number of hydrogen-bond acceptors (Lipinski definition) is 2. The van der Waals surface area contributed by atoms with Crippen molar-refractivity contribution in [3.8, 4) is 6.07 Å². The molecule has 2 N–H and O–H groups in total. The van der Waals surface area contributed by atoms with Crippen LogP contribution in [0.2, 0.25) is 0 Å². The number of nitrogens with zero attached hydrogens (tertiary/aromatic N) is 1. The molecule has 12 heavy (non-hydrogen) atoms. The van der Waals surface area contributed by atoms with E-state index >= 15 is 0 Å². The molecule has 5 heteroatoms. The highest BCUT2D eigenvalue weighted by atomic mass is 79.9. The summed E-state index contributed by atoms with van der Waals surface area (Å²) < 4.78 is 25.5. The van der Waals surface area contributed by atoms with Crippen LogP contribution in [-0.2, 0) is 0 Å². The van der Waals surface area contributed by atoms with E-state index in [1.54, 1.807) is 0 Å². The van der Waals surface area contributed by atoms with Crippen molar-refractivity contribution in [2.24, 2.45) is 0 Å². The number of nitriles is 1. The van der Waals surface area contributed by atoms with E-state index in [2.05, 4.69) is 15.9 Å². The van der Waals surface area contributed by atoms with E-state index in [9.17, 15) is 8.78 Å². The highest BCUT2D eigenvalue weighted by Crippen LogP contribution is 2.27. The number of rotatable bonds is 0. The van der Waals surface area contributed by atoms with Gasteiger partial charge in [-0.25, -0.2) is 8.78 Å². The first-order valence-corrected chi connectivity index (χ1v) is 3.70. The fraction of sp³-hybridized carbons (Fsp3) is 0. The predicted molar refractivity (Wildman–Crippen MR) is 43.2 cm³/mol. The molecule has 62 valence electrons. The first kappa shape index (κ1) is 8.94. The lowest BCUT2D eigenvalue weighted by molar-refractivity contribution is 0.595. The number of benzene rings is 1. The largest absolute Gasteiger partial charge is 0.395 e. The molecule has 0 spiro atoms. The highest BCUT2D eigenvalue weighted by Gasteiger charge is 2.13. The second-order valence-corrected chi connectivity index (χ2v) is 2.85. The van der Waals surface area contributed by atoms with Crippen molar-refractivity contribution >= 4 is 21.6 Å². The molecule has 0 unspecified atom stereocenters. The Hall–Kier alpha value is -1.15. The van der Waals surface area contributed by atoms with Gasteiger partial charge >= 0.3 is 0 Å². The highest BCUT2D eigenvalue weighted by molar-refractivity contribution is 9.10. The van der Waals surface area contributed by atoms with Gasteiger partial charge in [0.1, 0.15) is 11.9 Å². The smallest absolute Gasteiger partial charge is 0.157 e. The lowest BCUT2D eigenvalue weighted by atomic mass is 10.2. The van der Waals surface area contributed by atoms with E-state index in [-0.39, 0.29) is 15.7 Å². The van der Waals surface area contributed by atoms with Crippen molar-refractivity contribution in [1.29, 1.82) is 5.26 Å². The normalized spacial score (nSPS) is 9.50. The number of anilines is 1. The van der Waals surface area contributed by atoms with E-state index in [0.29, 0.717) is 0 Å². The second-order valence-electron chi connectivity index (χ2n) is 2.06. The molecule has 1 rings (SSSR count). The Bertz CT molecular complexity index is 371. The first-order valence-electron chi connectivity index (χ1n) is 2.91. The number of nitrogens with two attached hydrogens (primary N) is 1. The van der Waals surface area contributed by atoms with Gasteiger partial charge in [0.05, 0.1) is 15.7 Å². The molecule has 0 saturated carbocycles. The van der Waals surface area contributed by atoms with Crippen molar-refractivity contribution in [2.45, 2.75) is 0 Å². The number of halogens is 3. The van der Waals surface area contributed by atoms with Crippen molar-refractivity contribution in [3.63, 3.8) is 0 Å². The van der Waals surface area contributed by atoms with Crippen molar-refractivity contribution < 1.29 is 8.78 Å². The molecular weight excluding hydrogens is 230 g/mol. The van der Waals surface area contributed by atoms with E-state index in [4.69, 9.17) is 11.0 Å². The summed E-state index contributed by atoms with van der Waals surface area (Å²) in [6.45, 7) is 0. The maximum absolute atomic E-state index is 12.9. The fourth-order valence-corrected chi connectivity index (χ4v) is 1.09. The Kier molecular flexibility index (Phi) is 2.29. The van der Waals surface area contributed by atoms with Crippen LogP contribution >= 0.6 is 15.9 Å². The van der Waals surface area contributed by atoms with Gasteiger partial charge in [-0.1, -0.05) is 0 Å². The van der Waals surface area contributed by atoms with Crippen molar-refractivity contribution in [1.82, 2.24) is 0 Å². The zero-order valence-electron chi connectivity index (χ0n) is 5.74. The molecule has 0 radical (unpaired) electrons. The van der Waals surface area contributed by atoms with Gasteiger partial charge in [0.15, 0.2) is 5.82 Å². The molecule has 0 aliphatic carbocycles. The number of hydrogen-bond donors (Lipinski definition) is 1. The van der Waals surface area contributed by atoms with Crippen LogP contribution in [0.25, 0.3) is 0 Å². The molecule has 0 bridgehead atoms. The first-order chi connectivity index (χ1) is 5.57. The van der Waals surface area contributed by atoms with Crippen LogP contribution in [-0.4, -0.2) is 0 Å². The zero-order chi connectivity index (χ0) is 9.30. The quantitative estimate of drug-likeness (QED) is 0.551. The lowest BCUT2D eigenvalue weighted by Crippen LogP contribution is -1.97. The van der Waals surface area contributed by atoms with Gasteiger partial charge in [-0.3, -0.25) is 0 Å². The van der Waals surface area contributed by atoms with Crippen LogP contribution in [0, 0.1) is 23.0 Å². The molecule has 2 nitrogen and oxygen atoms in total. The molecule has 0 saturated heterocycles. The molecule has 0 aliphatic rings. The third-order valence-electron chi connectivity index (χ3n) is 1.31. The van der Waals surface area contributed by atoms with Crippen LogP contribution in [0.1, 0.15) is 5.56 Å². The standard InChI is InChI=1S/C7H3BrF2N2/c8-5-6(10)3(2-11)1-4(9)7(5)12/h1H,12H2. The fourth-order valence-electron chi connectivity index (χ4n) is 0.691. The Morgan fingerprint density at radius 1 is 1.50 bits per heavy atom. The Labute approximate surface area is 75.7 Å². The monoisotopic (exact) mass is 232 g/mol. The minimum Gasteiger partial charge on any atom is -0.395 e. The maximum atomic E-state index is 12.9. The van der Waals surface area contributed by atoms with Crippen molar-refractivity contribution in [3.05, 3.63) is 27.7 Å². The van der Waals surface area contributed by atoms with Gasteiger partial charge in [-0.2, -0.15) is 5.26 Å². The molecule has 1 aromatic carbocycles. The maximum Gasteiger partial charge on any atom is 0.157 e. The molecule has 0 amide bonds. The minimum absolute atomic E-state index is 0.209. The summed E-state index contributed by atoms with van der Waals surface area (Å²) in [6.07, 6.45) is 0. The van der Waals surface area contributed by atoms with E-state index in [1.807, 2.05) is 0 Å². The Morgan fingerprint density at radius 3 is 2.58 bits per heavy atom. The average Bonchev–Trinajstić information content (AvgIpc) is 2.08. The molecular formula is C7H3BrF2N2. The number of nitrogen functional groups attached to an aromatic ring is 1. The lowest BCUT2D eigenvalue weighted by Gasteiger charge is -2.01. The van der Waals surface area contributed by atoms with Gasteiger partial charge < -0.3 is 5.73 Å². The average molecular weight is 233 g/mol. The van der Waals surface area contributed by atoms with E-state index in [0.717, 1.165) is 6.07 Å². The van der Waals surface area contributed by atoms with E-state index in [1.165, 1.54) is 6.07 Å². The van der Waals surface area contributed by atoms with Gasteiger partial charge in [0.25, 0.3) is 0 Å². The van der Waals surface area contributed by atoms with E-state index < -0.39 is 11.6 Å². The third-order valence-corrected chi connectivity index (χ3v) is 2.09. The van der Waals surface area contributed by atoms with Crippen LogP contribution < -0.4 is 5.73 Å². The Morgan fingerprint density at radius 2 is 2.08 bits per heavy atom. The van der Waals surface area contributed by atoms with Gasteiger partial charge in [-0.05, 0) is 22.0 Å². The van der Waals surface area contributed by atoms with Crippen LogP contribution in [0.3, 0.4) is 0 Å². The summed E-state index contributed by atoms with van der Waals surface area (Å²) in [6, 6.07) is 2.26. The van der Waals surface area contributed by atoms with Gasteiger partial charge in [0, 0.05) is 0 Å². The molecule has 0 aromatic heterocycles. The summed E-state index contributed by atoms with van der Waals surface area (Å²) in [5.41, 5.74) is 4.44. The SMILES string of the molecule is N#Cc1cc(F)c(N)c(Br)c1F. The van der Waals surface area contributed by atoms with Gasteiger partial charge in [0.2, 0.25) is 0 Å². The second kappa shape index (κ2) is 3.07. The third kappa shape index (κ3) is 1.25. The predicted octanol–water partition coefficient (Wildman–Crippen LogP) is 2.18. The van der Waals surface area contributed by atoms with Crippen molar-refractivity contribution in [2.75, 3.05) is 5.73 Å². The molecule has 0 fully saturated rings. The molecule has 0 atom stereocenters. The molecule has 1 aromatic rings. The summed E-state index contributed by atoms with van der Waals surface area (Å²) in [7, 11) is 0. The molecule has 0 heterocycles. The zero-order valence-corrected chi connectivity index (χ0v) is 7.32. The summed E-state index contributed by atoms with van der Waals surface area (Å²) >= 11 is 2.73. The van der Waals surface area contributed by atoms with Gasteiger partial charge in [-0.15, -0.1) is 0 Å². The summed E-state index contributed by atoms with van der Waals surface area (Å²) in [4.78, 5) is 0. The van der Waals surface area contributed by atoms with Crippen LogP contribution in [0.5, 0.6) is 0 Å². The topological polar surface area (TPSA) is 49.8 Å². The summed E-state index contributed by atoms with van der Waals surface area (Å²) in [5, 5.41) is 8.34. The molecule has 0 aliphatic heterocycles. The van der Waals surface area contributed by atoms with Crippen LogP contribution in [0.4, 0.5) is 14.5 Å². The van der Waals surface area contributed by atoms with Crippen LogP contribution in [0.15, 0.2) is 10.5 Å². The Balaban J connectivity index is 3.52.